The van der Waals surface area contributed by atoms with E-state index in [2.05, 4.69) is 5.32 Å². The molecule has 0 spiro atoms. The van der Waals surface area contributed by atoms with Gasteiger partial charge in [0, 0.05) is 33.4 Å². The van der Waals surface area contributed by atoms with Crippen molar-refractivity contribution in [2.75, 3.05) is 19.4 Å². The fourth-order valence-corrected chi connectivity index (χ4v) is 3.91. The Kier molecular flexibility index (Phi) is 6.14. The zero-order valence-corrected chi connectivity index (χ0v) is 17.2. The number of benzene rings is 2. The van der Waals surface area contributed by atoms with Gasteiger partial charge in [-0.25, -0.2) is 12.7 Å². The first-order valence-corrected chi connectivity index (χ1v) is 9.88. The van der Waals surface area contributed by atoms with E-state index in [-0.39, 0.29) is 10.5 Å². The third-order valence-corrected chi connectivity index (χ3v) is 6.27. The summed E-state index contributed by atoms with van der Waals surface area (Å²) in [5.74, 6) is -0.450. The van der Waals surface area contributed by atoms with Crippen molar-refractivity contribution in [1.29, 1.82) is 0 Å². The van der Waals surface area contributed by atoms with Crippen molar-refractivity contribution in [2.45, 2.75) is 4.90 Å². The highest BCUT2D eigenvalue weighted by atomic mass is 127. The minimum atomic E-state index is -3.63. The van der Waals surface area contributed by atoms with Crippen LogP contribution in [0.3, 0.4) is 0 Å². The molecule has 2 aromatic rings. The number of sulfonamides is 1. The second-order valence-electron chi connectivity index (χ2n) is 5.04. The Morgan fingerprint density at radius 3 is 2.21 bits per heavy atom. The van der Waals surface area contributed by atoms with Crippen LogP contribution in [0.15, 0.2) is 41.3 Å². The Hall–Kier alpha value is -0.870. The van der Waals surface area contributed by atoms with Crippen LogP contribution in [0.4, 0.5) is 5.69 Å². The van der Waals surface area contributed by atoms with E-state index in [4.69, 9.17) is 23.2 Å². The van der Waals surface area contributed by atoms with Gasteiger partial charge in [0.1, 0.15) is 0 Å². The zero-order chi connectivity index (χ0) is 18.1. The Morgan fingerprint density at radius 2 is 1.67 bits per heavy atom. The van der Waals surface area contributed by atoms with E-state index in [0.29, 0.717) is 19.3 Å². The van der Waals surface area contributed by atoms with Crippen LogP contribution in [0.25, 0.3) is 0 Å². The third kappa shape index (κ3) is 4.40. The summed E-state index contributed by atoms with van der Waals surface area (Å²) in [7, 11) is -0.765. The van der Waals surface area contributed by atoms with Crippen LogP contribution in [0.2, 0.25) is 10.0 Å². The van der Waals surface area contributed by atoms with Crippen molar-refractivity contribution in [1.82, 2.24) is 4.31 Å². The molecule has 0 bridgehead atoms. The second-order valence-corrected chi connectivity index (χ2v) is 9.23. The highest BCUT2D eigenvalue weighted by molar-refractivity contribution is 14.1. The number of carbonyl (C=O) groups is 1. The van der Waals surface area contributed by atoms with E-state index >= 15 is 0 Å². The van der Waals surface area contributed by atoms with E-state index < -0.39 is 15.9 Å². The largest absolute Gasteiger partial charge is 0.322 e. The summed E-state index contributed by atoms with van der Waals surface area (Å²) in [6.45, 7) is 0. The molecular weight excluding hydrogens is 486 g/mol. The highest BCUT2D eigenvalue weighted by Gasteiger charge is 2.20. The molecule has 9 heteroatoms. The van der Waals surface area contributed by atoms with Crippen molar-refractivity contribution >= 4 is 67.4 Å². The zero-order valence-electron chi connectivity index (χ0n) is 12.7. The molecule has 0 aliphatic rings. The molecule has 1 amide bonds. The first kappa shape index (κ1) is 19.5. The molecule has 0 unspecified atom stereocenters. The molecule has 5 nitrogen and oxygen atoms in total. The SMILES string of the molecule is CN(C)S(=O)(=O)c1ccc(I)c(C(=O)Nc2cc(Cl)cc(Cl)c2)c1. The summed E-state index contributed by atoms with van der Waals surface area (Å²) >= 11 is 13.8. The topological polar surface area (TPSA) is 66.5 Å². The molecule has 0 radical (unpaired) electrons. The number of amides is 1. The molecule has 0 fully saturated rings. The molecule has 2 rings (SSSR count). The summed E-state index contributed by atoms with van der Waals surface area (Å²) in [5, 5.41) is 3.44. The van der Waals surface area contributed by atoms with Gasteiger partial charge in [-0.2, -0.15) is 0 Å². The van der Waals surface area contributed by atoms with Gasteiger partial charge in [-0.1, -0.05) is 23.2 Å². The summed E-state index contributed by atoms with van der Waals surface area (Å²) in [6.07, 6.45) is 0. The number of hydrogen-bond acceptors (Lipinski definition) is 3. The lowest BCUT2D eigenvalue weighted by Crippen LogP contribution is -2.23. The van der Waals surface area contributed by atoms with Gasteiger partial charge >= 0.3 is 0 Å². The lowest BCUT2D eigenvalue weighted by molar-refractivity contribution is 0.102. The van der Waals surface area contributed by atoms with Gasteiger partial charge in [0.2, 0.25) is 10.0 Å². The smallest absolute Gasteiger partial charge is 0.256 e. The predicted octanol–water partition coefficient (Wildman–Crippen LogP) is 4.10. The summed E-state index contributed by atoms with van der Waals surface area (Å²) in [6, 6.07) is 9.05. The van der Waals surface area contributed by atoms with E-state index in [1.165, 1.54) is 26.2 Å². The molecule has 0 aliphatic carbocycles. The van der Waals surface area contributed by atoms with Crippen LogP contribution in [-0.2, 0) is 10.0 Å². The van der Waals surface area contributed by atoms with Crippen LogP contribution in [0.5, 0.6) is 0 Å². The van der Waals surface area contributed by atoms with Crippen molar-refractivity contribution < 1.29 is 13.2 Å². The van der Waals surface area contributed by atoms with Gasteiger partial charge < -0.3 is 5.32 Å². The third-order valence-electron chi connectivity index (χ3n) is 3.08. The van der Waals surface area contributed by atoms with Gasteiger partial charge in [0.15, 0.2) is 0 Å². The van der Waals surface area contributed by atoms with Crippen LogP contribution < -0.4 is 5.32 Å². The Bertz CT molecular complexity index is 881. The van der Waals surface area contributed by atoms with Crippen molar-refractivity contribution in [2.24, 2.45) is 0 Å². The Morgan fingerprint density at radius 1 is 1.08 bits per heavy atom. The first-order chi connectivity index (χ1) is 11.1. The molecule has 128 valence electrons. The van der Waals surface area contributed by atoms with Crippen molar-refractivity contribution in [3.63, 3.8) is 0 Å². The number of anilines is 1. The monoisotopic (exact) mass is 498 g/mol. The van der Waals surface area contributed by atoms with Gasteiger partial charge in [-0.3, -0.25) is 4.79 Å². The molecule has 0 saturated carbocycles. The summed E-state index contributed by atoms with van der Waals surface area (Å²) in [4.78, 5) is 12.5. The molecule has 0 aliphatic heterocycles. The lowest BCUT2D eigenvalue weighted by atomic mass is 10.2. The van der Waals surface area contributed by atoms with Crippen LogP contribution in [0, 0.1) is 3.57 Å². The standard InChI is InChI=1S/C15H13Cl2IN2O3S/c1-20(2)24(22,23)12-3-4-14(18)13(8-12)15(21)19-11-6-9(16)5-10(17)7-11/h3-8H,1-2H3,(H,19,21). The molecule has 24 heavy (non-hydrogen) atoms. The number of nitrogens with one attached hydrogen (secondary N) is 1. The molecule has 1 N–H and O–H groups in total. The predicted molar refractivity (Wildman–Crippen MR) is 104 cm³/mol. The minimum absolute atomic E-state index is 0.0437. The second kappa shape index (κ2) is 7.57. The minimum Gasteiger partial charge on any atom is -0.322 e. The summed E-state index contributed by atoms with van der Waals surface area (Å²) in [5.41, 5.74) is 0.670. The van der Waals surface area contributed by atoms with E-state index in [9.17, 15) is 13.2 Å². The van der Waals surface area contributed by atoms with Crippen molar-refractivity contribution in [3.8, 4) is 0 Å². The van der Waals surface area contributed by atoms with Crippen molar-refractivity contribution in [3.05, 3.63) is 55.6 Å². The van der Waals surface area contributed by atoms with E-state index in [0.717, 1.165) is 4.31 Å². The maximum Gasteiger partial charge on any atom is 0.256 e. The average molecular weight is 499 g/mol. The van der Waals surface area contributed by atoms with Gasteiger partial charge in [0.05, 0.1) is 10.5 Å². The lowest BCUT2D eigenvalue weighted by Gasteiger charge is -2.13. The molecule has 0 atom stereocenters. The number of nitrogens with zero attached hydrogens (tertiary/aromatic N) is 1. The van der Waals surface area contributed by atoms with E-state index in [1.54, 1.807) is 24.3 Å². The fraction of sp³-hybridized carbons (Fsp3) is 0.133. The number of carbonyl (C=O) groups excluding carboxylic acids is 1. The normalized spacial score (nSPS) is 11.6. The molecule has 2 aromatic carbocycles. The molecule has 0 heterocycles. The highest BCUT2D eigenvalue weighted by Crippen LogP contribution is 2.25. The maximum atomic E-state index is 12.5. The van der Waals surface area contributed by atoms with Crippen LogP contribution >= 0.6 is 45.8 Å². The molecule has 0 saturated heterocycles. The first-order valence-electron chi connectivity index (χ1n) is 6.61. The van der Waals surface area contributed by atoms with E-state index in [1.807, 2.05) is 22.6 Å². The number of rotatable bonds is 4. The molecular formula is C15H13Cl2IN2O3S. The van der Waals surface area contributed by atoms with Crippen LogP contribution in [0.1, 0.15) is 10.4 Å². The fourth-order valence-electron chi connectivity index (χ4n) is 1.87. The van der Waals surface area contributed by atoms with Gasteiger partial charge in [-0.15, -0.1) is 0 Å². The van der Waals surface area contributed by atoms with Gasteiger partial charge in [0.25, 0.3) is 5.91 Å². The Balaban J connectivity index is 2.39. The Labute approximate surface area is 164 Å². The molecule has 0 aromatic heterocycles. The summed E-state index contributed by atoms with van der Waals surface area (Å²) < 4.78 is 26.2. The number of hydrogen-bond donors (Lipinski definition) is 1. The number of halogens is 3. The van der Waals surface area contributed by atoms with Gasteiger partial charge in [-0.05, 0) is 59.0 Å². The average Bonchev–Trinajstić information content (AvgIpc) is 2.45. The maximum absolute atomic E-state index is 12.5. The quantitative estimate of drug-likeness (QED) is 0.645. The van der Waals surface area contributed by atoms with Crippen LogP contribution in [-0.4, -0.2) is 32.7 Å².